The lowest BCUT2D eigenvalue weighted by Crippen LogP contribution is -2.15. The summed E-state index contributed by atoms with van der Waals surface area (Å²) in [6, 6.07) is 6.71. The molecule has 0 aliphatic carbocycles. The molecule has 96 valence electrons. The molecule has 0 atom stereocenters. The van der Waals surface area contributed by atoms with E-state index in [0.717, 1.165) is 16.4 Å². The Morgan fingerprint density at radius 3 is 2.61 bits per heavy atom. The second-order valence-electron chi connectivity index (χ2n) is 3.90. The van der Waals surface area contributed by atoms with Crippen LogP contribution in [-0.4, -0.2) is 9.78 Å². The van der Waals surface area contributed by atoms with Crippen LogP contribution in [0.3, 0.4) is 0 Å². The highest BCUT2D eigenvalue weighted by molar-refractivity contribution is 6.17. The van der Waals surface area contributed by atoms with Crippen molar-refractivity contribution >= 4 is 11.6 Å². The minimum Gasteiger partial charge on any atom is -0.228 e. The van der Waals surface area contributed by atoms with E-state index in [-0.39, 0.29) is 11.4 Å². The predicted octanol–water partition coefficient (Wildman–Crippen LogP) is 3.94. The summed E-state index contributed by atoms with van der Waals surface area (Å²) in [6.45, 7) is 1.81. The number of hydrogen-bond acceptors (Lipinski definition) is 1. The molecule has 2 aromatic rings. The van der Waals surface area contributed by atoms with Crippen molar-refractivity contribution in [3.05, 3.63) is 47.3 Å². The number of alkyl halides is 4. The molecule has 0 spiro atoms. The molecule has 1 heterocycles. The average Bonchev–Trinajstić information content (AvgIpc) is 2.72. The molecule has 1 aromatic heterocycles. The lowest BCUT2D eigenvalue weighted by Gasteiger charge is -2.12. The van der Waals surface area contributed by atoms with Gasteiger partial charge in [0.2, 0.25) is 0 Å². The SMILES string of the molecule is Cc1cccc(-n2ncc(CCl)c2C(F)(F)F)c1. The largest absolute Gasteiger partial charge is 0.433 e. The maximum absolute atomic E-state index is 13.0. The molecule has 1 aromatic carbocycles. The van der Waals surface area contributed by atoms with Crippen LogP contribution in [0, 0.1) is 6.92 Å². The molecule has 0 unspecified atom stereocenters. The van der Waals surface area contributed by atoms with Gasteiger partial charge in [-0.25, -0.2) is 4.68 Å². The zero-order valence-corrected chi connectivity index (χ0v) is 10.3. The molecule has 0 radical (unpaired) electrons. The molecule has 0 bridgehead atoms. The third-order valence-electron chi connectivity index (χ3n) is 2.50. The fraction of sp³-hybridized carbons (Fsp3) is 0.250. The van der Waals surface area contributed by atoms with Gasteiger partial charge in [-0.05, 0) is 24.6 Å². The lowest BCUT2D eigenvalue weighted by molar-refractivity contribution is -0.143. The van der Waals surface area contributed by atoms with Gasteiger partial charge in [-0.2, -0.15) is 18.3 Å². The predicted molar refractivity (Wildman–Crippen MR) is 62.9 cm³/mol. The van der Waals surface area contributed by atoms with Crippen LogP contribution in [0.25, 0.3) is 5.69 Å². The Labute approximate surface area is 107 Å². The fourth-order valence-corrected chi connectivity index (χ4v) is 1.93. The van der Waals surface area contributed by atoms with Crippen molar-refractivity contribution in [3.63, 3.8) is 0 Å². The number of halogens is 4. The van der Waals surface area contributed by atoms with Gasteiger partial charge < -0.3 is 0 Å². The summed E-state index contributed by atoms with van der Waals surface area (Å²) in [4.78, 5) is 0. The summed E-state index contributed by atoms with van der Waals surface area (Å²) < 4.78 is 39.9. The molecular formula is C12H10ClF3N2. The minimum absolute atomic E-state index is 0.0225. The number of benzene rings is 1. The Morgan fingerprint density at radius 2 is 2.06 bits per heavy atom. The Hall–Kier alpha value is -1.49. The van der Waals surface area contributed by atoms with Crippen molar-refractivity contribution in [1.82, 2.24) is 9.78 Å². The van der Waals surface area contributed by atoms with Crippen molar-refractivity contribution in [2.45, 2.75) is 19.0 Å². The zero-order valence-electron chi connectivity index (χ0n) is 9.50. The Morgan fingerprint density at radius 1 is 1.33 bits per heavy atom. The second kappa shape index (κ2) is 4.65. The van der Waals surface area contributed by atoms with Crippen molar-refractivity contribution in [1.29, 1.82) is 0 Å². The molecule has 0 N–H and O–H groups in total. The summed E-state index contributed by atoms with van der Waals surface area (Å²) in [5, 5.41) is 3.78. The molecule has 2 rings (SSSR count). The maximum Gasteiger partial charge on any atom is 0.433 e. The van der Waals surface area contributed by atoms with Crippen LogP contribution in [0.5, 0.6) is 0 Å². The summed E-state index contributed by atoms with van der Waals surface area (Å²) in [5.74, 6) is -0.222. The Balaban J connectivity index is 2.62. The van der Waals surface area contributed by atoms with E-state index in [1.165, 1.54) is 0 Å². The first-order valence-electron chi connectivity index (χ1n) is 5.20. The van der Waals surface area contributed by atoms with Crippen LogP contribution in [0.1, 0.15) is 16.8 Å². The van der Waals surface area contributed by atoms with E-state index in [0.29, 0.717) is 5.69 Å². The molecule has 0 amide bonds. The third-order valence-corrected chi connectivity index (χ3v) is 2.79. The van der Waals surface area contributed by atoms with Gasteiger partial charge in [0.15, 0.2) is 5.69 Å². The third kappa shape index (κ3) is 2.36. The maximum atomic E-state index is 13.0. The highest BCUT2D eigenvalue weighted by Crippen LogP contribution is 2.34. The van der Waals surface area contributed by atoms with E-state index >= 15 is 0 Å². The van der Waals surface area contributed by atoms with Gasteiger partial charge >= 0.3 is 6.18 Å². The van der Waals surface area contributed by atoms with E-state index in [2.05, 4.69) is 5.10 Å². The summed E-state index contributed by atoms with van der Waals surface area (Å²) in [7, 11) is 0. The van der Waals surface area contributed by atoms with Crippen molar-refractivity contribution < 1.29 is 13.2 Å². The average molecular weight is 275 g/mol. The zero-order chi connectivity index (χ0) is 13.3. The molecule has 0 saturated heterocycles. The number of rotatable bonds is 2. The number of aryl methyl sites for hydroxylation is 1. The van der Waals surface area contributed by atoms with Gasteiger partial charge in [-0.15, -0.1) is 11.6 Å². The monoisotopic (exact) mass is 274 g/mol. The lowest BCUT2D eigenvalue weighted by atomic mass is 10.2. The van der Waals surface area contributed by atoms with Crippen LogP contribution < -0.4 is 0 Å². The molecule has 0 aliphatic rings. The first-order chi connectivity index (χ1) is 8.43. The van der Waals surface area contributed by atoms with Crippen LogP contribution in [0.4, 0.5) is 13.2 Å². The standard InChI is InChI=1S/C12H10ClF3N2/c1-8-3-2-4-10(5-8)18-11(12(14,15)16)9(6-13)7-17-18/h2-5,7H,6H2,1H3. The van der Waals surface area contributed by atoms with Crippen molar-refractivity contribution in [3.8, 4) is 5.69 Å². The highest BCUT2D eigenvalue weighted by Gasteiger charge is 2.38. The highest BCUT2D eigenvalue weighted by atomic mass is 35.5. The van der Waals surface area contributed by atoms with Gasteiger partial charge in [0.05, 0.1) is 17.8 Å². The first kappa shape index (κ1) is 13.0. The van der Waals surface area contributed by atoms with Crippen LogP contribution in [0.2, 0.25) is 0 Å². The van der Waals surface area contributed by atoms with Crippen LogP contribution >= 0.6 is 11.6 Å². The topological polar surface area (TPSA) is 17.8 Å². The number of aromatic nitrogens is 2. The minimum atomic E-state index is -4.48. The molecule has 6 heteroatoms. The normalized spacial score (nSPS) is 11.8. The van der Waals surface area contributed by atoms with Gasteiger partial charge in [0.1, 0.15) is 0 Å². The summed E-state index contributed by atoms with van der Waals surface area (Å²) >= 11 is 5.52. The molecule has 2 nitrogen and oxygen atoms in total. The smallest absolute Gasteiger partial charge is 0.228 e. The first-order valence-corrected chi connectivity index (χ1v) is 5.74. The molecule has 0 saturated carbocycles. The van der Waals surface area contributed by atoms with Gasteiger partial charge in [-0.1, -0.05) is 12.1 Å². The summed E-state index contributed by atoms with van der Waals surface area (Å²) in [5.41, 5.74) is 0.399. The Bertz CT molecular complexity index is 561. The molecule has 0 aliphatic heterocycles. The van der Waals surface area contributed by atoms with E-state index < -0.39 is 11.9 Å². The van der Waals surface area contributed by atoms with Crippen LogP contribution in [-0.2, 0) is 12.1 Å². The quantitative estimate of drug-likeness (QED) is 0.759. The fourth-order valence-electron chi connectivity index (χ4n) is 1.74. The van der Waals surface area contributed by atoms with E-state index in [1.807, 2.05) is 13.0 Å². The molecular weight excluding hydrogens is 265 g/mol. The number of hydrogen-bond donors (Lipinski definition) is 0. The molecule has 0 fully saturated rings. The van der Waals surface area contributed by atoms with Gasteiger partial charge in [-0.3, -0.25) is 0 Å². The van der Waals surface area contributed by atoms with E-state index in [4.69, 9.17) is 11.6 Å². The number of nitrogens with zero attached hydrogens (tertiary/aromatic N) is 2. The van der Waals surface area contributed by atoms with Gasteiger partial charge in [0.25, 0.3) is 0 Å². The van der Waals surface area contributed by atoms with Crippen molar-refractivity contribution in [2.75, 3.05) is 0 Å². The van der Waals surface area contributed by atoms with E-state index in [9.17, 15) is 13.2 Å². The van der Waals surface area contributed by atoms with Gasteiger partial charge in [0, 0.05) is 5.56 Å². The second-order valence-corrected chi connectivity index (χ2v) is 4.17. The van der Waals surface area contributed by atoms with Crippen molar-refractivity contribution in [2.24, 2.45) is 0 Å². The summed E-state index contributed by atoms with van der Waals surface area (Å²) in [6.07, 6.45) is -3.33. The molecule has 18 heavy (non-hydrogen) atoms. The van der Waals surface area contributed by atoms with E-state index in [1.54, 1.807) is 18.2 Å². The Kier molecular flexibility index (Phi) is 3.34. The van der Waals surface area contributed by atoms with Crippen LogP contribution in [0.15, 0.2) is 30.5 Å².